The van der Waals surface area contributed by atoms with E-state index in [2.05, 4.69) is 15.4 Å². The van der Waals surface area contributed by atoms with E-state index in [0.29, 0.717) is 11.4 Å². The van der Waals surface area contributed by atoms with Crippen LogP contribution in [0, 0.1) is 0 Å². The second-order valence-corrected chi connectivity index (χ2v) is 4.03. The van der Waals surface area contributed by atoms with Gasteiger partial charge in [0.15, 0.2) is 0 Å². The van der Waals surface area contributed by atoms with Gasteiger partial charge in [0.05, 0.1) is 18.5 Å². The molecule has 2 rings (SSSR count). The van der Waals surface area contributed by atoms with Crippen molar-refractivity contribution in [3.05, 3.63) is 35.8 Å². The normalized spacial score (nSPS) is 10.3. The van der Waals surface area contributed by atoms with Gasteiger partial charge in [-0.2, -0.15) is 5.10 Å². The van der Waals surface area contributed by atoms with E-state index in [1.807, 2.05) is 20.2 Å². The van der Waals surface area contributed by atoms with Crippen molar-refractivity contribution in [1.82, 2.24) is 14.8 Å². The van der Waals surface area contributed by atoms with Crippen molar-refractivity contribution in [3.8, 4) is 0 Å². The highest BCUT2D eigenvalue weighted by molar-refractivity contribution is 5.95. The van der Waals surface area contributed by atoms with Gasteiger partial charge in [-0.3, -0.25) is 4.68 Å². The molecule has 0 fully saturated rings. The number of rotatable bonds is 4. The third kappa shape index (κ3) is 2.73. The molecule has 2 aromatic heterocycles. The average Bonchev–Trinajstić information content (AvgIpc) is 2.78. The Bertz CT molecular complexity index is 592. The molecule has 0 amide bonds. The maximum atomic E-state index is 11.7. The van der Waals surface area contributed by atoms with E-state index in [1.54, 1.807) is 23.0 Å². The van der Waals surface area contributed by atoms with Crippen LogP contribution in [0.3, 0.4) is 0 Å². The van der Waals surface area contributed by atoms with Crippen LogP contribution in [0.4, 0.5) is 11.5 Å². The number of methoxy groups -OCH3 is 1. The van der Waals surface area contributed by atoms with Gasteiger partial charge in [-0.25, -0.2) is 9.78 Å². The van der Waals surface area contributed by atoms with E-state index >= 15 is 0 Å². The number of ether oxygens (including phenoxy) is 1. The second-order valence-electron chi connectivity index (χ2n) is 4.03. The molecule has 19 heavy (non-hydrogen) atoms. The van der Waals surface area contributed by atoms with Gasteiger partial charge in [-0.1, -0.05) is 6.92 Å². The summed E-state index contributed by atoms with van der Waals surface area (Å²) < 4.78 is 6.46. The molecule has 0 spiro atoms. The van der Waals surface area contributed by atoms with E-state index in [9.17, 15) is 4.79 Å². The lowest BCUT2D eigenvalue weighted by Gasteiger charge is -2.08. The number of hydrogen-bond acceptors (Lipinski definition) is 5. The highest BCUT2D eigenvalue weighted by Crippen LogP contribution is 2.21. The van der Waals surface area contributed by atoms with Gasteiger partial charge in [-0.05, 0) is 18.6 Å². The predicted octanol–water partition coefficient (Wildman–Crippen LogP) is 1.91. The Balaban J connectivity index is 2.35. The minimum Gasteiger partial charge on any atom is -0.465 e. The van der Waals surface area contributed by atoms with E-state index in [0.717, 1.165) is 17.8 Å². The van der Waals surface area contributed by atoms with Crippen LogP contribution in [0.1, 0.15) is 23.0 Å². The summed E-state index contributed by atoms with van der Waals surface area (Å²) in [5, 5.41) is 7.46. The highest BCUT2D eigenvalue weighted by Gasteiger charge is 2.14. The van der Waals surface area contributed by atoms with Crippen molar-refractivity contribution in [3.63, 3.8) is 0 Å². The van der Waals surface area contributed by atoms with Crippen LogP contribution in [-0.2, 0) is 18.2 Å². The molecule has 2 aromatic rings. The number of nitrogens with zero attached hydrogens (tertiary/aromatic N) is 3. The van der Waals surface area contributed by atoms with Gasteiger partial charge >= 0.3 is 5.97 Å². The van der Waals surface area contributed by atoms with Gasteiger partial charge < -0.3 is 10.1 Å². The van der Waals surface area contributed by atoms with Crippen LogP contribution in [0.2, 0.25) is 0 Å². The molecule has 0 bridgehead atoms. The predicted molar refractivity (Wildman–Crippen MR) is 71.4 cm³/mol. The zero-order valence-corrected chi connectivity index (χ0v) is 11.2. The number of carbonyl (C=O) groups is 1. The molecule has 0 unspecified atom stereocenters. The molecule has 2 heterocycles. The zero-order valence-electron chi connectivity index (χ0n) is 11.2. The number of anilines is 2. The second kappa shape index (κ2) is 5.51. The van der Waals surface area contributed by atoms with E-state index < -0.39 is 5.97 Å². The smallest absolute Gasteiger partial charge is 0.341 e. The molecule has 100 valence electrons. The average molecular weight is 260 g/mol. The number of carbonyl (C=O) groups excluding carboxylic acids is 1. The Morgan fingerprint density at radius 3 is 3.00 bits per heavy atom. The fourth-order valence-corrected chi connectivity index (χ4v) is 1.81. The number of aryl methyl sites for hydroxylation is 2. The summed E-state index contributed by atoms with van der Waals surface area (Å²) in [6.07, 6.45) is 4.27. The first kappa shape index (κ1) is 13.1. The summed E-state index contributed by atoms with van der Waals surface area (Å²) in [4.78, 5) is 15.8. The SMILES string of the molecule is CCc1nn(C)cc1Nc1ncccc1C(=O)OC. The van der Waals surface area contributed by atoms with Crippen LogP contribution in [-0.4, -0.2) is 27.8 Å². The number of nitrogens with one attached hydrogen (secondary N) is 1. The van der Waals surface area contributed by atoms with E-state index in [1.165, 1.54) is 7.11 Å². The van der Waals surface area contributed by atoms with Gasteiger partial charge in [0.2, 0.25) is 0 Å². The molecule has 0 atom stereocenters. The third-order valence-electron chi connectivity index (χ3n) is 2.71. The molecule has 0 aliphatic heterocycles. The molecule has 0 saturated carbocycles. The quantitative estimate of drug-likeness (QED) is 0.850. The lowest BCUT2D eigenvalue weighted by molar-refractivity contribution is 0.0601. The molecule has 1 N–H and O–H groups in total. The topological polar surface area (TPSA) is 69.0 Å². The first-order chi connectivity index (χ1) is 9.15. The molecule has 6 nitrogen and oxygen atoms in total. The highest BCUT2D eigenvalue weighted by atomic mass is 16.5. The zero-order chi connectivity index (χ0) is 13.8. The van der Waals surface area contributed by atoms with Gasteiger partial charge in [-0.15, -0.1) is 0 Å². The van der Waals surface area contributed by atoms with E-state index in [-0.39, 0.29) is 0 Å². The lowest BCUT2D eigenvalue weighted by Crippen LogP contribution is -2.07. The number of aromatic nitrogens is 3. The van der Waals surface area contributed by atoms with Crippen molar-refractivity contribution in [1.29, 1.82) is 0 Å². The summed E-state index contributed by atoms with van der Waals surface area (Å²) >= 11 is 0. The van der Waals surface area contributed by atoms with Crippen molar-refractivity contribution >= 4 is 17.5 Å². The molecule has 0 aliphatic carbocycles. The summed E-state index contributed by atoms with van der Waals surface area (Å²) in [7, 11) is 3.20. The Kier molecular flexibility index (Phi) is 3.79. The fraction of sp³-hybridized carbons (Fsp3) is 0.308. The van der Waals surface area contributed by atoms with E-state index in [4.69, 9.17) is 4.74 Å². The molecule has 0 aliphatic rings. The third-order valence-corrected chi connectivity index (χ3v) is 2.71. The Labute approximate surface area is 111 Å². The van der Waals surface area contributed by atoms with Crippen molar-refractivity contribution in [2.45, 2.75) is 13.3 Å². The summed E-state index contributed by atoms with van der Waals surface area (Å²) in [6.45, 7) is 2.02. The summed E-state index contributed by atoms with van der Waals surface area (Å²) in [5.41, 5.74) is 2.16. The van der Waals surface area contributed by atoms with Crippen molar-refractivity contribution < 1.29 is 9.53 Å². The van der Waals surface area contributed by atoms with Crippen LogP contribution in [0.5, 0.6) is 0 Å². The first-order valence-corrected chi connectivity index (χ1v) is 5.98. The Morgan fingerprint density at radius 1 is 1.53 bits per heavy atom. The monoisotopic (exact) mass is 260 g/mol. The van der Waals surface area contributed by atoms with Crippen LogP contribution < -0.4 is 5.32 Å². The van der Waals surface area contributed by atoms with Crippen LogP contribution in [0.15, 0.2) is 24.5 Å². The molecule has 0 radical (unpaired) electrons. The largest absolute Gasteiger partial charge is 0.465 e. The number of esters is 1. The van der Waals surface area contributed by atoms with Crippen LogP contribution in [0.25, 0.3) is 0 Å². The van der Waals surface area contributed by atoms with Gasteiger partial charge in [0.25, 0.3) is 0 Å². The number of hydrogen-bond donors (Lipinski definition) is 1. The molecule has 0 aromatic carbocycles. The molecular formula is C13H16N4O2. The Hall–Kier alpha value is -2.37. The summed E-state index contributed by atoms with van der Waals surface area (Å²) in [5.74, 6) is 0.0505. The van der Waals surface area contributed by atoms with Gasteiger partial charge in [0.1, 0.15) is 11.4 Å². The molecule has 0 saturated heterocycles. The maximum absolute atomic E-state index is 11.7. The standard InChI is InChI=1S/C13H16N4O2/c1-4-10-11(8-17(2)16-10)15-12-9(13(18)19-3)6-5-7-14-12/h5-8H,4H2,1-3H3,(H,14,15). The molecular weight excluding hydrogens is 244 g/mol. The van der Waals surface area contributed by atoms with Gasteiger partial charge in [0, 0.05) is 19.4 Å². The molecule has 6 heteroatoms. The minimum atomic E-state index is -0.419. The minimum absolute atomic E-state index is 0.399. The number of pyridine rings is 1. The first-order valence-electron chi connectivity index (χ1n) is 5.98. The van der Waals surface area contributed by atoms with Crippen LogP contribution >= 0.6 is 0 Å². The maximum Gasteiger partial charge on any atom is 0.341 e. The summed E-state index contributed by atoms with van der Waals surface area (Å²) in [6, 6.07) is 3.37. The fourth-order valence-electron chi connectivity index (χ4n) is 1.81. The lowest BCUT2D eigenvalue weighted by atomic mass is 10.2. The van der Waals surface area contributed by atoms with Crippen molar-refractivity contribution in [2.24, 2.45) is 7.05 Å². The van der Waals surface area contributed by atoms with Crippen molar-refractivity contribution in [2.75, 3.05) is 12.4 Å². The Morgan fingerprint density at radius 2 is 2.32 bits per heavy atom.